The summed E-state index contributed by atoms with van der Waals surface area (Å²) < 4.78 is 0. The van der Waals surface area contributed by atoms with Gasteiger partial charge in [0.05, 0.1) is 0 Å². The van der Waals surface area contributed by atoms with Crippen LogP contribution in [0.2, 0.25) is 0 Å². The Morgan fingerprint density at radius 2 is 2.17 bits per heavy atom. The fourth-order valence-electron chi connectivity index (χ4n) is 2.99. The van der Waals surface area contributed by atoms with Crippen molar-refractivity contribution in [2.45, 2.75) is 57.0 Å². The van der Waals surface area contributed by atoms with Crippen LogP contribution in [0.1, 0.15) is 45.4 Å². The van der Waals surface area contributed by atoms with Crippen LogP contribution < -0.4 is 5.73 Å². The van der Waals surface area contributed by atoms with E-state index in [1.807, 2.05) is 6.92 Å². The van der Waals surface area contributed by atoms with E-state index >= 15 is 0 Å². The predicted octanol–water partition coefficient (Wildman–Crippen LogP) is 0.970. The first-order chi connectivity index (χ1) is 8.51. The van der Waals surface area contributed by atoms with Crippen LogP contribution in [-0.4, -0.2) is 40.0 Å². The number of nitrogens with two attached hydrogens (primary N) is 1. The number of likely N-dealkylation sites (tertiary alicyclic amines) is 1. The van der Waals surface area contributed by atoms with Crippen LogP contribution in [0.15, 0.2) is 0 Å². The molecule has 2 atom stereocenters. The SMILES string of the molecule is CCC1(C(=O)O)CCCN1C(=O)CC(N)C1CC1. The molecular weight excluding hydrogens is 232 g/mol. The summed E-state index contributed by atoms with van der Waals surface area (Å²) in [7, 11) is 0. The summed E-state index contributed by atoms with van der Waals surface area (Å²) in [5.74, 6) is -0.496. The Bertz CT molecular complexity index is 354. The minimum atomic E-state index is -0.986. The van der Waals surface area contributed by atoms with Crippen molar-refractivity contribution in [3.05, 3.63) is 0 Å². The molecule has 1 saturated heterocycles. The van der Waals surface area contributed by atoms with Gasteiger partial charge in [0.25, 0.3) is 0 Å². The first kappa shape index (κ1) is 13.3. The summed E-state index contributed by atoms with van der Waals surface area (Å²) in [5, 5.41) is 9.41. The van der Waals surface area contributed by atoms with E-state index in [4.69, 9.17) is 5.73 Å². The van der Waals surface area contributed by atoms with Crippen molar-refractivity contribution in [2.24, 2.45) is 11.7 Å². The Labute approximate surface area is 107 Å². The number of carboxylic acids is 1. The Morgan fingerprint density at radius 3 is 2.67 bits per heavy atom. The Hall–Kier alpha value is -1.10. The maximum atomic E-state index is 12.2. The van der Waals surface area contributed by atoms with Crippen molar-refractivity contribution in [1.29, 1.82) is 0 Å². The van der Waals surface area contributed by atoms with Crippen molar-refractivity contribution in [3.63, 3.8) is 0 Å². The Morgan fingerprint density at radius 1 is 1.50 bits per heavy atom. The summed E-state index contributed by atoms with van der Waals surface area (Å²) in [5.41, 5.74) is 4.97. The highest BCUT2D eigenvalue weighted by Crippen LogP contribution is 2.36. The average molecular weight is 254 g/mol. The van der Waals surface area contributed by atoms with Gasteiger partial charge in [-0.05, 0) is 38.0 Å². The van der Waals surface area contributed by atoms with E-state index in [2.05, 4.69) is 0 Å². The number of amides is 1. The number of carboxylic acid groups (broad SMARTS) is 1. The van der Waals surface area contributed by atoms with Crippen LogP contribution in [0, 0.1) is 5.92 Å². The molecular formula is C13H22N2O3. The molecule has 0 aromatic rings. The lowest BCUT2D eigenvalue weighted by Gasteiger charge is -2.34. The smallest absolute Gasteiger partial charge is 0.329 e. The summed E-state index contributed by atoms with van der Waals surface area (Å²) in [6, 6.07) is -0.0959. The third kappa shape index (κ3) is 2.23. The van der Waals surface area contributed by atoms with E-state index in [9.17, 15) is 14.7 Å². The van der Waals surface area contributed by atoms with Crippen molar-refractivity contribution < 1.29 is 14.7 Å². The van der Waals surface area contributed by atoms with Crippen LogP contribution in [-0.2, 0) is 9.59 Å². The number of rotatable bonds is 5. The third-order valence-corrected chi connectivity index (χ3v) is 4.41. The molecule has 2 aliphatic rings. The van der Waals surface area contributed by atoms with Gasteiger partial charge in [-0.25, -0.2) is 4.79 Å². The molecule has 2 rings (SSSR count). The van der Waals surface area contributed by atoms with Gasteiger partial charge in [0.2, 0.25) is 5.91 Å². The van der Waals surface area contributed by atoms with Crippen LogP contribution in [0.5, 0.6) is 0 Å². The second kappa shape index (κ2) is 4.88. The molecule has 1 aliphatic carbocycles. The average Bonchev–Trinajstić information content (AvgIpc) is 3.07. The fraction of sp³-hybridized carbons (Fsp3) is 0.846. The molecule has 0 aromatic carbocycles. The molecule has 0 aromatic heterocycles. The Kier molecular flexibility index (Phi) is 3.61. The molecule has 0 radical (unpaired) electrons. The van der Waals surface area contributed by atoms with Gasteiger partial charge in [-0.15, -0.1) is 0 Å². The monoisotopic (exact) mass is 254 g/mol. The molecule has 102 valence electrons. The topological polar surface area (TPSA) is 83.6 Å². The van der Waals surface area contributed by atoms with Crippen LogP contribution >= 0.6 is 0 Å². The zero-order valence-corrected chi connectivity index (χ0v) is 10.9. The minimum absolute atomic E-state index is 0.0869. The van der Waals surface area contributed by atoms with E-state index in [-0.39, 0.29) is 11.9 Å². The van der Waals surface area contributed by atoms with Gasteiger partial charge in [-0.3, -0.25) is 4.79 Å². The van der Waals surface area contributed by atoms with Crippen molar-refractivity contribution in [1.82, 2.24) is 4.90 Å². The fourth-order valence-corrected chi connectivity index (χ4v) is 2.99. The van der Waals surface area contributed by atoms with Crippen LogP contribution in [0.3, 0.4) is 0 Å². The summed E-state index contributed by atoms with van der Waals surface area (Å²) in [6.07, 6.45) is 4.29. The number of nitrogens with zero attached hydrogens (tertiary/aromatic N) is 1. The third-order valence-electron chi connectivity index (χ3n) is 4.41. The molecule has 0 spiro atoms. The lowest BCUT2D eigenvalue weighted by molar-refractivity contribution is -0.157. The zero-order valence-electron chi connectivity index (χ0n) is 10.9. The van der Waals surface area contributed by atoms with Crippen molar-refractivity contribution in [3.8, 4) is 0 Å². The largest absolute Gasteiger partial charge is 0.479 e. The maximum absolute atomic E-state index is 12.2. The van der Waals surface area contributed by atoms with E-state index in [0.29, 0.717) is 31.7 Å². The lowest BCUT2D eigenvalue weighted by Crippen LogP contribution is -2.53. The van der Waals surface area contributed by atoms with Gasteiger partial charge in [-0.2, -0.15) is 0 Å². The quantitative estimate of drug-likeness (QED) is 0.765. The van der Waals surface area contributed by atoms with Gasteiger partial charge < -0.3 is 15.7 Å². The summed E-state index contributed by atoms with van der Waals surface area (Å²) in [4.78, 5) is 25.3. The first-order valence-electron chi connectivity index (χ1n) is 6.80. The second-order valence-electron chi connectivity index (χ2n) is 5.54. The first-order valence-corrected chi connectivity index (χ1v) is 6.80. The predicted molar refractivity (Wildman–Crippen MR) is 66.9 cm³/mol. The Balaban J connectivity index is 2.05. The van der Waals surface area contributed by atoms with Gasteiger partial charge in [0, 0.05) is 19.0 Å². The standard InChI is InChI=1S/C13H22N2O3/c1-2-13(12(17)18)6-3-7-15(13)11(16)8-10(14)9-4-5-9/h9-10H,2-8,14H2,1H3,(H,17,18). The van der Waals surface area contributed by atoms with E-state index in [0.717, 1.165) is 19.3 Å². The van der Waals surface area contributed by atoms with Crippen molar-refractivity contribution >= 4 is 11.9 Å². The van der Waals surface area contributed by atoms with E-state index in [1.165, 1.54) is 0 Å². The van der Waals surface area contributed by atoms with Gasteiger partial charge in [0.1, 0.15) is 5.54 Å². The molecule has 3 N–H and O–H groups in total. The normalized spacial score (nSPS) is 29.3. The molecule has 1 saturated carbocycles. The maximum Gasteiger partial charge on any atom is 0.329 e. The molecule has 0 bridgehead atoms. The molecule has 2 unspecified atom stereocenters. The minimum Gasteiger partial charge on any atom is -0.479 e. The van der Waals surface area contributed by atoms with Crippen LogP contribution in [0.4, 0.5) is 0 Å². The number of hydrogen-bond acceptors (Lipinski definition) is 3. The second-order valence-corrected chi connectivity index (χ2v) is 5.54. The lowest BCUT2D eigenvalue weighted by atomic mass is 9.92. The highest BCUT2D eigenvalue weighted by molar-refractivity contribution is 5.88. The molecule has 1 heterocycles. The molecule has 2 fully saturated rings. The number of carbonyl (C=O) groups is 2. The molecule has 18 heavy (non-hydrogen) atoms. The van der Waals surface area contributed by atoms with E-state index in [1.54, 1.807) is 4.90 Å². The number of aliphatic carboxylic acids is 1. The highest BCUT2D eigenvalue weighted by Gasteiger charge is 2.48. The van der Waals surface area contributed by atoms with E-state index < -0.39 is 11.5 Å². The highest BCUT2D eigenvalue weighted by atomic mass is 16.4. The van der Waals surface area contributed by atoms with Crippen LogP contribution in [0.25, 0.3) is 0 Å². The zero-order chi connectivity index (χ0) is 13.3. The molecule has 5 heteroatoms. The molecule has 1 aliphatic heterocycles. The van der Waals surface area contributed by atoms with Gasteiger partial charge >= 0.3 is 5.97 Å². The molecule has 1 amide bonds. The molecule has 5 nitrogen and oxygen atoms in total. The number of carbonyl (C=O) groups excluding carboxylic acids is 1. The van der Waals surface area contributed by atoms with Gasteiger partial charge in [0.15, 0.2) is 0 Å². The van der Waals surface area contributed by atoms with Crippen molar-refractivity contribution in [2.75, 3.05) is 6.54 Å². The van der Waals surface area contributed by atoms with Gasteiger partial charge in [-0.1, -0.05) is 6.92 Å². The summed E-state index contributed by atoms with van der Waals surface area (Å²) in [6.45, 7) is 2.39. The number of hydrogen-bond donors (Lipinski definition) is 2. The summed E-state index contributed by atoms with van der Waals surface area (Å²) >= 11 is 0.